The van der Waals surface area contributed by atoms with Crippen molar-refractivity contribution < 1.29 is 14.7 Å². The zero-order valence-corrected chi connectivity index (χ0v) is 12.2. The normalized spacial score (nSPS) is 12.1. The van der Waals surface area contributed by atoms with E-state index in [0.717, 1.165) is 12.2 Å². The van der Waals surface area contributed by atoms with Gasteiger partial charge in [0, 0.05) is 12.7 Å². The van der Waals surface area contributed by atoms with Crippen LogP contribution in [0.3, 0.4) is 0 Å². The van der Waals surface area contributed by atoms with E-state index in [1.807, 2.05) is 0 Å². The molecule has 0 saturated carbocycles. The molecule has 106 valence electrons. The highest BCUT2D eigenvalue weighted by Gasteiger charge is 2.17. The number of carboxylic acid groups (broad SMARTS) is 1. The van der Waals surface area contributed by atoms with Gasteiger partial charge in [-0.05, 0) is 12.2 Å². The standard InChI is InChI=1S/C13H25NO3S/c1-3-4-5-6-7-8-9-18-10-12(13(16)17)14-11(2)15/h12H,3-10H2,1-2H3,(H,14,15)(H,16,17). The Morgan fingerprint density at radius 3 is 2.33 bits per heavy atom. The number of carbonyl (C=O) groups is 2. The fourth-order valence-electron chi connectivity index (χ4n) is 1.61. The molecule has 0 saturated heterocycles. The van der Waals surface area contributed by atoms with E-state index in [2.05, 4.69) is 12.2 Å². The molecule has 5 heteroatoms. The Bertz CT molecular complexity index is 246. The largest absolute Gasteiger partial charge is 0.480 e. The summed E-state index contributed by atoms with van der Waals surface area (Å²) in [6.45, 7) is 3.54. The molecule has 18 heavy (non-hydrogen) atoms. The van der Waals surface area contributed by atoms with Crippen LogP contribution in [0, 0.1) is 0 Å². The summed E-state index contributed by atoms with van der Waals surface area (Å²) in [6, 6.07) is -0.757. The molecule has 1 atom stereocenters. The number of carboxylic acids is 1. The molecule has 0 fully saturated rings. The van der Waals surface area contributed by atoms with Crippen LogP contribution in [0.1, 0.15) is 52.4 Å². The first-order chi connectivity index (χ1) is 8.57. The van der Waals surface area contributed by atoms with E-state index in [-0.39, 0.29) is 5.91 Å². The van der Waals surface area contributed by atoms with Gasteiger partial charge in [-0.15, -0.1) is 0 Å². The van der Waals surface area contributed by atoms with Crippen molar-refractivity contribution in [3.63, 3.8) is 0 Å². The monoisotopic (exact) mass is 275 g/mol. The van der Waals surface area contributed by atoms with Gasteiger partial charge in [0.1, 0.15) is 6.04 Å². The van der Waals surface area contributed by atoms with Gasteiger partial charge in [0.05, 0.1) is 0 Å². The molecular formula is C13H25NO3S. The van der Waals surface area contributed by atoms with Crippen molar-refractivity contribution in [3.8, 4) is 0 Å². The van der Waals surface area contributed by atoms with Crippen molar-refractivity contribution in [3.05, 3.63) is 0 Å². The molecule has 0 spiro atoms. The lowest BCUT2D eigenvalue weighted by Crippen LogP contribution is -2.41. The first kappa shape index (κ1) is 17.3. The quantitative estimate of drug-likeness (QED) is 0.569. The molecule has 0 aliphatic rings. The van der Waals surface area contributed by atoms with Gasteiger partial charge in [-0.2, -0.15) is 11.8 Å². The summed E-state index contributed by atoms with van der Waals surface area (Å²) < 4.78 is 0. The van der Waals surface area contributed by atoms with Crippen LogP contribution in [0.4, 0.5) is 0 Å². The Balaban J connectivity index is 3.49. The van der Waals surface area contributed by atoms with Gasteiger partial charge >= 0.3 is 5.97 Å². The van der Waals surface area contributed by atoms with E-state index < -0.39 is 12.0 Å². The van der Waals surface area contributed by atoms with Crippen LogP contribution in [0.25, 0.3) is 0 Å². The Hall–Kier alpha value is -0.710. The average molecular weight is 275 g/mol. The highest BCUT2D eigenvalue weighted by atomic mass is 32.2. The van der Waals surface area contributed by atoms with Crippen molar-refractivity contribution in [2.75, 3.05) is 11.5 Å². The maximum atomic E-state index is 10.8. The second-order valence-electron chi connectivity index (χ2n) is 4.43. The summed E-state index contributed by atoms with van der Waals surface area (Å²) in [5.41, 5.74) is 0. The molecule has 0 heterocycles. The molecule has 0 aromatic rings. The predicted molar refractivity (Wildman–Crippen MR) is 75.9 cm³/mol. The number of unbranched alkanes of at least 4 members (excludes halogenated alkanes) is 5. The highest BCUT2D eigenvalue weighted by Crippen LogP contribution is 2.10. The third-order valence-electron chi connectivity index (χ3n) is 2.60. The number of thioether (sulfide) groups is 1. The lowest BCUT2D eigenvalue weighted by atomic mass is 10.1. The Morgan fingerprint density at radius 2 is 1.78 bits per heavy atom. The van der Waals surface area contributed by atoms with Crippen molar-refractivity contribution in [1.29, 1.82) is 0 Å². The first-order valence-corrected chi connectivity index (χ1v) is 7.81. The van der Waals surface area contributed by atoms with Crippen molar-refractivity contribution in [2.24, 2.45) is 0 Å². The molecule has 0 rings (SSSR count). The zero-order chi connectivity index (χ0) is 13.8. The lowest BCUT2D eigenvalue weighted by molar-refractivity contribution is -0.140. The maximum absolute atomic E-state index is 10.8. The number of hydrogen-bond donors (Lipinski definition) is 2. The molecule has 2 N–H and O–H groups in total. The number of rotatable bonds is 11. The minimum Gasteiger partial charge on any atom is -0.480 e. The SMILES string of the molecule is CCCCCCCCSCC(NC(C)=O)C(=O)O. The molecule has 1 amide bonds. The Kier molecular flexibility index (Phi) is 10.9. The van der Waals surface area contributed by atoms with Crippen molar-refractivity contribution >= 4 is 23.6 Å². The summed E-state index contributed by atoms with van der Waals surface area (Å²) in [7, 11) is 0. The van der Waals surface area contributed by atoms with Crippen LogP contribution >= 0.6 is 11.8 Å². The predicted octanol–water partition coefficient (Wildman–Crippen LogP) is 2.67. The molecular weight excluding hydrogens is 250 g/mol. The van der Waals surface area contributed by atoms with Gasteiger partial charge in [0.2, 0.25) is 5.91 Å². The van der Waals surface area contributed by atoms with Crippen molar-refractivity contribution in [2.45, 2.75) is 58.4 Å². The summed E-state index contributed by atoms with van der Waals surface area (Å²) >= 11 is 1.60. The van der Waals surface area contributed by atoms with E-state index in [4.69, 9.17) is 5.11 Å². The molecule has 0 aromatic carbocycles. The molecule has 1 unspecified atom stereocenters. The fraction of sp³-hybridized carbons (Fsp3) is 0.846. The van der Waals surface area contributed by atoms with Crippen LogP contribution < -0.4 is 5.32 Å². The van der Waals surface area contributed by atoms with E-state index in [0.29, 0.717) is 5.75 Å². The third-order valence-corrected chi connectivity index (χ3v) is 3.75. The van der Waals surface area contributed by atoms with E-state index in [9.17, 15) is 9.59 Å². The van der Waals surface area contributed by atoms with Crippen LogP contribution in [0.5, 0.6) is 0 Å². The summed E-state index contributed by atoms with van der Waals surface area (Å²) in [5, 5.41) is 11.3. The Morgan fingerprint density at radius 1 is 1.17 bits per heavy atom. The molecule has 0 aromatic heterocycles. The van der Waals surface area contributed by atoms with Gasteiger partial charge in [0.25, 0.3) is 0 Å². The third kappa shape index (κ3) is 10.4. The molecule has 0 aliphatic carbocycles. The maximum Gasteiger partial charge on any atom is 0.327 e. The minimum atomic E-state index is -0.958. The summed E-state index contributed by atoms with van der Waals surface area (Å²) in [5.74, 6) is 0.169. The molecule has 0 radical (unpaired) electrons. The van der Waals surface area contributed by atoms with Gasteiger partial charge in [-0.25, -0.2) is 4.79 Å². The number of hydrogen-bond acceptors (Lipinski definition) is 3. The second-order valence-corrected chi connectivity index (χ2v) is 5.58. The first-order valence-electron chi connectivity index (χ1n) is 6.65. The van der Waals surface area contributed by atoms with Gasteiger partial charge in [0.15, 0.2) is 0 Å². The number of aliphatic carboxylic acids is 1. The van der Waals surface area contributed by atoms with E-state index >= 15 is 0 Å². The van der Waals surface area contributed by atoms with Gasteiger partial charge < -0.3 is 10.4 Å². The minimum absolute atomic E-state index is 0.289. The smallest absolute Gasteiger partial charge is 0.327 e. The van der Waals surface area contributed by atoms with E-state index in [1.54, 1.807) is 11.8 Å². The van der Waals surface area contributed by atoms with Crippen molar-refractivity contribution in [1.82, 2.24) is 5.32 Å². The van der Waals surface area contributed by atoms with Crippen LogP contribution in [0.2, 0.25) is 0 Å². The second kappa shape index (κ2) is 11.4. The summed E-state index contributed by atoms with van der Waals surface area (Å²) in [6.07, 6.45) is 7.46. The Labute approximate surface area is 114 Å². The number of nitrogens with one attached hydrogen (secondary N) is 1. The highest BCUT2D eigenvalue weighted by molar-refractivity contribution is 7.99. The fourth-order valence-corrected chi connectivity index (χ4v) is 2.64. The topological polar surface area (TPSA) is 66.4 Å². The number of carbonyl (C=O) groups excluding carboxylic acids is 1. The number of amides is 1. The summed E-state index contributed by atoms with van der Waals surface area (Å²) in [4.78, 5) is 21.7. The molecule has 0 bridgehead atoms. The van der Waals surface area contributed by atoms with Crippen LogP contribution in [-0.2, 0) is 9.59 Å². The van der Waals surface area contributed by atoms with Gasteiger partial charge in [-0.3, -0.25) is 4.79 Å². The van der Waals surface area contributed by atoms with Crippen LogP contribution in [0.15, 0.2) is 0 Å². The van der Waals surface area contributed by atoms with Crippen LogP contribution in [-0.4, -0.2) is 34.5 Å². The lowest BCUT2D eigenvalue weighted by Gasteiger charge is -2.12. The molecule has 4 nitrogen and oxygen atoms in total. The zero-order valence-electron chi connectivity index (χ0n) is 11.4. The van der Waals surface area contributed by atoms with Gasteiger partial charge in [-0.1, -0.05) is 39.0 Å². The van der Waals surface area contributed by atoms with E-state index in [1.165, 1.54) is 39.0 Å². The molecule has 0 aliphatic heterocycles. The average Bonchev–Trinajstić information content (AvgIpc) is 2.30.